The van der Waals surface area contributed by atoms with Crippen LogP contribution in [0.15, 0.2) is 58.3 Å². The van der Waals surface area contributed by atoms with Crippen molar-refractivity contribution in [3.63, 3.8) is 0 Å². The summed E-state index contributed by atoms with van der Waals surface area (Å²) < 4.78 is 0. The van der Waals surface area contributed by atoms with Crippen LogP contribution in [0.5, 0.6) is 0 Å². The molecule has 3 rings (SSSR count). The Hall–Kier alpha value is -0.180. The second-order valence-corrected chi connectivity index (χ2v) is 10.1. The van der Waals surface area contributed by atoms with E-state index in [0.29, 0.717) is 0 Å². The Morgan fingerprint density at radius 3 is 2.33 bits per heavy atom. The zero-order valence-corrected chi connectivity index (χ0v) is 19.3. The van der Waals surface area contributed by atoms with Crippen LogP contribution in [0.25, 0.3) is 5.57 Å². The second-order valence-electron chi connectivity index (χ2n) is 6.48. The van der Waals surface area contributed by atoms with Gasteiger partial charge >= 0.3 is 26.2 Å². The number of rotatable bonds is 2. The van der Waals surface area contributed by atoms with Crippen LogP contribution < -0.4 is 24.8 Å². The van der Waals surface area contributed by atoms with Gasteiger partial charge in [-0.25, -0.2) is 0 Å². The van der Waals surface area contributed by atoms with Gasteiger partial charge in [0.1, 0.15) is 0 Å². The van der Waals surface area contributed by atoms with E-state index in [9.17, 15) is 4.80 Å². The van der Waals surface area contributed by atoms with Crippen LogP contribution in [-0.2, 0) is 26.2 Å². The van der Waals surface area contributed by atoms with Crippen LogP contribution in [0.4, 0.5) is 0 Å². The molecule has 1 radical (unpaired) electrons. The van der Waals surface area contributed by atoms with E-state index in [0.717, 1.165) is 11.6 Å². The molecule has 0 bridgehead atoms. The molecule has 125 valence electrons. The van der Waals surface area contributed by atoms with Crippen LogP contribution in [-0.4, -0.2) is 13.1 Å². The van der Waals surface area contributed by atoms with E-state index >= 15 is 0 Å². The van der Waals surface area contributed by atoms with Crippen LogP contribution in [0.1, 0.15) is 31.4 Å². The van der Waals surface area contributed by atoms with Gasteiger partial charge in [0.2, 0.25) is 8.32 Å². The first kappa shape index (κ1) is 23.8. The first-order valence-corrected chi connectivity index (χ1v) is 10.4. The Labute approximate surface area is 177 Å². The van der Waals surface area contributed by atoms with E-state index in [-0.39, 0.29) is 51.0 Å². The Morgan fingerprint density at radius 2 is 1.75 bits per heavy atom. The predicted molar refractivity (Wildman–Crippen MR) is 91.1 cm³/mol. The average Bonchev–Trinajstić information content (AvgIpc) is 3.01. The maximum atomic E-state index is 10.6. The van der Waals surface area contributed by atoms with Crippen molar-refractivity contribution in [2.45, 2.75) is 33.4 Å². The molecule has 1 nitrogen and oxygen atoms in total. The van der Waals surface area contributed by atoms with Gasteiger partial charge in [0.15, 0.2) is 0 Å². The zero-order valence-electron chi connectivity index (χ0n) is 14.4. The van der Waals surface area contributed by atoms with E-state index < -0.39 is 8.32 Å². The van der Waals surface area contributed by atoms with Crippen molar-refractivity contribution in [3.05, 3.63) is 75.5 Å². The van der Waals surface area contributed by atoms with E-state index in [2.05, 4.69) is 56.3 Å². The summed E-state index contributed by atoms with van der Waals surface area (Å²) in [5, 5.41) is 1.15. The van der Waals surface area contributed by atoms with Gasteiger partial charge in [0.25, 0.3) is 0 Å². The minimum absolute atomic E-state index is 0. The normalized spacial score (nSPS) is 15.2. The summed E-state index contributed by atoms with van der Waals surface area (Å²) in [7, 11) is -2.31. The summed E-state index contributed by atoms with van der Waals surface area (Å²) in [4.78, 5) is 10.6. The van der Waals surface area contributed by atoms with Crippen LogP contribution in [0, 0.1) is 6.08 Å². The third-order valence-electron chi connectivity index (χ3n) is 4.10. The molecular formula is C19H21Cl2OSiZr. The number of fused-ring (bicyclic) bond motifs is 1. The first-order valence-electron chi connectivity index (χ1n) is 7.43. The van der Waals surface area contributed by atoms with Crippen molar-refractivity contribution in [3.8, 4) is 0 Å². The van der Waals surface area contributed by atoms with Crippen molar-refractivity contribution in [1.29, 1.82) is 0 Å². The maximum absolute atomic E-state index is 10.6. The fourth-order valence-electron chi connectivity index (χ4n) is 3.20. The Morgan fingerprint density at radius 1 is 1.12 bits per heavy atom. The average molecular weight is 456 g/mol. The standard InChI is InChI=1S/C19H21OSi.2ClH.Zr/c1-13(2)19-15-9-6-5-8-14(15)12-17(19)16-10-7-11-18(16)21(3,4)20;;;/h5-9,11,20H,10H2,1-4H3;2*1H;/q-1;;;+3/p-2. The molecule has 5 heteroatoms. The number of benzene rings is 1. The first-order chi connectivity index (χ1) is 9.89. The molecule has 24 heavy (non-hydrogen) atoms. The third kappa shape index (κ3) is 4.31. The number of hydrogen-bond acceptors (Lipinski definition) is 1. The number of hydrogen-bond donors (Lipinski definition) is 1. The van der Waals surface area contributed by atoms with Crippen molar-refractivity contribution >= 4 is 13.9 Å². The van der Waals surface area contributed by atoms with Gasteiger partial charge in [-0.1, -0.05) is 55.0 Å². The van der Waals surface area contributed by atoms with Gasteiger partial charge < -0.3 is 29.6 Å². The molecule has 0 aromatic heterocycles. The minimum atomic E-state index is -2.31. The Balaban J connectivity index is 0.00000176. The third-order valence-corrected chi connectivity index (χ3v) is 5.89. The SMILES string of the molecule is CC(C)=C1C(C2=C([Si](C)(C)O)C=CC2)=[C-]c2ccccc21.[Cl-].[Cl-].[Zr+3]. The van der Waals surface area contributed by atoms with Crippen LogP contribution in [0.2, 0.25) is 13.1 Å². The molecule has 2 aliphatic rings. The quantitative estimate of drug-likeness (QED) is 0.429. The summed E-state index contributed by atoms with van der Waals surface area (Å²) in [6.45, 7) is 8.29. The summed E-state index contributed by atoms with van der Waals surface area (Å²) in [5.74, 6) is 0. The van der Waals surface area contributed by atoms with Gasteiger partial charge in [-0.2, -0.15) is 0 Å². The topological polar surface area (TPSA) is 20.2 Å². The smallest absolute Gasteiger partial charge is 1.00 e. The van der Waals surface area contributed by atoms with Gasteiger partial charge in [0.05, 0.1) is 0 Å². The van der Waals surface area contributed by atoms with Gasteiger partial charge in [0, 0.05) is 0 Å². The van der Waals surface area contributed by atoms with E-state index in [1.165, 1.54) is 33.4 Å². The molecule has 0 unspecified atom stereocenters. The van der Waals surface area contributed by atoms with Gasteiger partial charge in [-0.3, -0.25) is 0 Å². The fraction of sp³-hybridized carbons (Fsp3) is 0.263. The molecule has 0 atom stereocenters. The van der Waals surface area contributed by atoms with Crippen molar-refractivity contribution < 1.29 is 55.8 Å². The van der Waals surface area contributed by atoms with Gasteiger partial charge in [-0.05, 0) is 19.5 Å². The van der Waals surface area contributed by atoms with E-state index in [1.807, 2.05) is 13.1 Å². The predicted octanol–water partition coefficient (Wildman–Crippen LogP) is -1.43. The van der Waals surface area contributed by atoms with Crippen LogP contribution in [0.3, 0.4) is 0 Å². The second kappa shape index (κ2) is 8.96. The maximum Gasteiger partial charge on any atom is 3.00 e. The molecular weight excluding hydrogens is 434 g/mol. The van der Waals surface area contributed by atoms with Crippen molar-refractivity contribution in [1.82, 2.24) is 0 Å². The molecule has 0 spiro atoms. The van der Waals surface area contributed by atoms with Crippen LogP contribution >= 0.6 is 0 Å². The van der Waals surface area contributed by atoms with Crippen molar-refractivity contribution in [2.24, 2.45) is 0 Å². The van der Waals surface area contributed by atoms with E-state index in [4.69, 9.17) is 0 Å². The minimum Gasteiger partial charge on any atom is -1.00 e. The number of allylic oxidation sites excluding steroid dienone is 7. The number of halogens is 2. The molecule has 0 saturated carbocycles. The summed E-state index contributed by atoms with van der Waals surface area (Å²) in [6, 6.07) is 8.43. The van der Waals surface area contributed by atoms with Crippen molar-refractivity contribution in [2.75, 3.05) is 0 Å². The van der Waals surface area contributed by atoms with E-state index in [1.54, 1.807) is 0 Å². The molecule has 0 fully saturated rings. The largest absolute Gasteiger partial charge is 3.00 e. The molecule has 0 amide bonds. The molecule has 2 aliphatic carbocycles. The Kier molecular flexibility index (Phi) is 8.89. The molecule has 1 aromatic carbocycles. The summed E-state index contributed by atoms with van der Waals surface area (Å²) >= 11 is 0. The molecule has 0 heterocycles. The molecule has 1 N–H and O–H groups in total. The monoisotopic (exact) mass is 453 g/mol. The fourth-order valence-corrected chi connectivity index (χ4v) is 4.69. The summed E-state index contributed by atoms with van der Waals surface area (Å²) in [5.41, 5.74) is 7.48. The zero-order chi connectivity index (χ0) is 15.2. The summed E-state index contributed by atoms with van der Waals surface area (Å²) in [6.07, 6.45) is 8.76. The molecule has 0 saturated heterocycles. The molecule has 1 aromatic rings. The Bertz CT molecular complexity index is 736. The molecule has 0 aliphatic heterocycles. The van der Waals surface area contributed by atoms with Gasteiger partial charge in [-0.15, -0.1) is 40.0 Å².